The van der Waals surface area contributed by atoms with Gasteiger partial charge in [-0.2, -0.15) is 0 Å². The average molecular weight is 267 g/mol. The van der Waals surface area contributed by atoms with E-state index in [0.29, 0.717) is 0 Å². The van der Waals surface area contributed by atoms with Crippen LogP contribution in [0, 0.1) is 0 Å². The summed E-state index contributed by atoms with van der Waals surface area (Å²) in [7, 11) is 2.88. The van der Waals surface area contributed by atoms with Crippen molar-refractivity contribution in [1.82, 2.24) is 5.32 Å². The quantitative estimate of drug-likeness (QED) is 0.790. The van der Waals surface area contributed by atoms with Crippen molar-refractivity contribution in [3.63, 3.8) is 0 Å². The van der Waals surface area contributed by atoms with Crippen LogP contribution in [-0.4, -0.2) is 32.8 Å². The van der Waals surface area contributed by atoms with Gasteiger partial charge in [-0.25, -0.2) is 4.79 Å². The van der Waals surface area contributed by atoms with Crippen molar-refractivity contribution in [3.05, 3.63) is 29.8 Å². The number of ether oxygens (including phenoxy) is 3. The van der Waals surface area contributed by atoms with Crippen molar-refractivity contribution >= 4 is 12.1 Å². The Balaban J connectivity index is 2.23. The first-order valence-corrected chi connectivity index (χ1v) is 5.76. The Morgan fingerprint density at radius 3 is 2.42 bits per heavy atom. The van der Waals surface area contributed by atoms with Crippen LogP contribution in [0.15, 0.2) is 24.3 Å². The van der Waals surface area contributed by atoms with Crippen LogP contribution in [0.3, 0.4) is 0 Å². The molecule has 0 saturated carbocycles. The van der Waals surface area contributed by atoms with Crippen molar-refractivity contribution in [2.24, 2.45) is 0 Å². The maximum absolute atomic E-state index is 11.3. The first-order chi connectivity index (χ1) is 9.15. The van der Waals surface area contributed by atoms with E-state index in [1.165, 1.54) is 7.11 Å². The third-order valence-corrected chi connectivity index (χ3v) is 2.36. The number of hydrogen-bond acceptors (Lipinski definition) is 5. The van der Waals surface area contributed by atoms with Gasteiger partial charge in [0.1, 0.15) is 12.4 Å². The van der Waals surface area contributed by atoms with Crippen LogP contribution in [0.25, 0.3) is 0 Å². The SMILES string of the molecule is COC(=O)CCNC(=O)OCc1ccc(OC)cc1. The van der Waals surface area contributed by atoms with Gasteiger partial charge in [-0.1, -0.05) is 12.1 Å². The van der Waals surface area contributed by atoms with Crippen molar-refractivity contribution in [3.8, 4) is 5.75 Å². The van der Waals surface area contributed by atoms with E-state index in [2.05, 4.69) is 10.1 Å². The minimum Gasteiger partial charge on any atom is -0.497 e. The zero-order chi connectivity index (χ0) is 14.1. The molecule has 0 aliphatic carbocycles. The second kappa shape index (κ2) is 7.97. The molecule has 1 aromatic rings. The predicted molar refractivity (Wildman–Crippen MR) is 67.8 cm³/mol. The molecule has 0 fully saturated rings. The maximum Gasteiger partial charge on any atom is 0.407 e. The molecule has 1 amide bonds. The normalized spacial score (nSPS) is 9.58. The summed E-state index contributed by atoms with van der Waals surface area (Å²) in [5, 5.41) is 2.45. The highest BCUT2D eigenvalue weighted by atomic mass is 16.5. The average Bonchev–Trinajstić information content (AvgIpc) is 2.45. The lowest BCUT2D eigenvalue weighted by Gasteiger charge is -2.07. The van der Waals surface area contributed by atoms with E-state index >= 15 is 0 Å². The van der Waals surface area contributed by atoms with E-state index in [1.54, 1.807) is 31.4 Å². The van der Waals surface area contributed by atoms with Gasteiger partial charge >= 0.3 is 12.1 Å². The lowest BCUT2D eigenvalue weighted by Crippen LogP contribution is -2.26. The van der Waals surface area contributed by atoms with E-state index in [-0.39, 0.29) is 25.5 Å². The van der Waals surface area contributed by atoms with Crippen LogP contribution in [-0.2, 0) is 20.9 Å². The van der Waals surface area contributed by atoms with Gasteiger partial charge in [-0.3, -0.25) is 4.79 Å². The second-order valence-corrected chi connectivity index (χ2v) is 3.68. The number of alkyl carbamates (subject to hydrolysis) is 1. The second-order valence-electron chi connectivity index (χ2n) is 3.68. The van der Waals surface area contributed by atoms with Crippen LogP contribution in [0.4, 0.5) is 4.79 Å². The Morgan fingerprint density at radius 2 is 1.84 bits per heavy atom. The number of nitrogens with one attached hydrogen (secondary N) is 1. The fourth-order valence-electron chi connectivity index (χ4n) is 1.29. The van der Waals surface area contributed by atoms with Crippen LogP contribution < -0.4 is 10.1 Å². The molecule has 104 valence electrons. The molecule has 0 atom stereocenters. The van der Waals surface area contributed by atoms with Gasteiger partial charge < -0.3 is 19.5 Å². The number of rotatable bonds is 6. The molecular formula is C13H17NO5. The van der Waals surface area contributed by atoms with Crippen molar-refractivity contribution in [1.29, 1.82) is 0 Å². The number of esters is 1. The highest BCUT2D eigenvalue weighted by Gasteiger charge is 2.05. The van der Waals surface area contributed by atoms with Crippen molar-refractivity contribution < 1.29 is 23.8 Å². The first-order valence-electron chi connectivity index (χ1n) is 5.76. The number of amides is 1. The van der Waals surface area contributed by atoms with E-state index < -0.39 is 6.09 Å². The molecule has 1 N–H and O–H groups in total. The lowest BCUT2D eigenvalue weighted by atomic mass is 10.2. The largest absolute Gasteiger partial charge is 0.497 e. The summed E-state index contributed by atoms with van der Waals surface area (Å²) in [5.74, 6) is 0.363. The lowest BCUT2D eigenvalue weighted by molar-refractivity contribution is -0.140. The van der Waals surface area contributed by atoms with E-state index in [9.17, 15) is 9.59 Å². The van der Waals surface area contributed by atoms with Crippen LogP contribution >= 0.6 is 0 Å². The monoisotopic (exact) mass is 267 g/mol. The number of hydrogen-bond donors (Lipinski definition) is 1. The van der Waals surface area contributed by atoms with Gasteiger partial charge in [0.25, 0.3) is 0 Å². The van der Waals surface area contributed by atoms with Crippen LogP contribution in [0.1, 0.15) is 12.0 Å². The van der Waals surface area contributed by atoms with Gasteiger partial charge in [0.15, 0.2) is 0 Å². The molecule has 1 aromatic carbocycles. The minimum absolute atomic E-state index is 0.119. The molecular weight excluding hydrogens is 250 g/mol. The summed E-state index contributed by atoms with van der Waals surface area (Å²) in [6, 6.07) is 7.18. The van der Waals surface area contributed by atoms with Gasteiger partial charge in [-0.05, 0) is 17.7 Å². The summed E-state index contributed by atoms with van der Waals surface area (Å²) >= 11 is 0. The molecule has 6 heteroatoms. The summed E-state index contributed by atoms with van der Waals surface area (Å²) in [6.45, 7) is 0.349. The summed E-state index contributed by atoms with van der Waals surface area (Å²) in [5.41, 5.74) is 0.851. The summed E-state index contributed by atoms with van der Waals surface area (Å²) in [4.78, 5) is 22.1. The van der Waals surface area contributed by atoms with E-state index in [1.807, 2.05) is 0 Å². The van der Waals surface area contributed by atoms with Crippen LogP contribution in [0.2, 0.25) is 0 Å². The predicted octanol–water partition coefficient (Wildman–Crippen LogP) is 1.48. The maximum atomic E-state index is 11.3. The standard InChI is InChI=1S/C13H17NO5/c1-17-11-5-3-10(4-6-11)9-19-13(16)14-8-7-12(15)18-2/h3-6H,7-9H2,1-2H3,(H,14,16). The molecule has 0 unspecified atom stereocenters. The van der Waals surface area contributed by atoms with Gasteiger partial charge in [0, 0.05) is 6.54 Å². The molecule has 0 bridgehead atoms. The Morgan fingerprint density at radius 1 is 1.16 bits per heavy atom. The Bertz CT molecular complexity index is 416. The van der Waals surface area contributed by atoms with E-state index in [0.717, 1.165) is 11.3 Å². The molecule has 0 spiro atoms. The highest BCUT2D eigenvalue weighted by molar-refractivity contribution is 5.71. The molecule has 0 radical (unpaired) electrons. The summed E-state index contributed by atoms with van der Waals surface area (Å²) < 4.78 is 14.4. The topological polar surface area (TPSA) is 73.9 Å². The Labute approximate surface area is 111 Å². The molecule has 0 heterocycles. The van der Waals surface area contributed by atoms with Gasteiger partial charge in [0.05, 0.1) is 20.6 Å². The first kappa shape index (κ1) is 14.8. The highest BCUT2D eigenvalue weighted by Crippen LogP contribution is 2.11. The fourth-order valence-corrected chi connectivity index (χ4v) is 1.29. The Kier molecular flexibility index (Phi) is 6.21. The van der Waals surface area contributed by atoms with Crippen LogP contribution in [0.5, 0.6) is 5.75 Å². The summed E-state index contributed by atoms with van der Waals surface area (Å²) in [6.07, 6.45) is -0.451. The van der Waals surface area contributed by atoms with Gasteiger partial charge in [0.2, 0.25) is 0 Å². The molecule has 0 aliphatic heterocycles. The molecule has 0 saturated heterocycles. The smallest absolute Gasteiger partial charge is 0.407 e. The molecule has 19 heavy (non-hydrogen) atoms. The number of methoxy groups -OCH3 is 2. The molecule has 0 aliphatic rings. The third kappa shape index (κ3) is 5.76. The fraction of sp³-hybridized carbons (Fsp3) is 0.385. The zero-order valence-electron chi connectivity index (χ0n) is 11.0. The minimum atomic E-state index is -0.570. The van der Waals surface area contributed by atoms with E-state index in [4.69, 9.17) is 9.47 Å². The van der Waals surface area contributed by atoms with Gasteiger partial charge in [-0.15, -0.1) is 0 Å². The number of benzene rings is 1. The third-order valence-electron chi connectivity index (χ3n) is 2.36. The molecule has 1 rings (SSSR count). The zero-order valence-corrected chi connectivity index (χ0v) is 11.0. The van der Waals surface area contributed by atoms with Crippen molar-refractivity contribution in [2.75, 3.05) is 20.8 Å². The number of carbonyl (C=O) groups is 2. The molecule has 6 nitrogen and oxygen atoms in total. The Hall–Kier alpha value is -2.24. The number of carbonyl (C=O) groups excluding carboxylic acids is 2. The molecule has 0 aromatic heterocycles. The van der Waals surface area contributed by atoms with Crippen molar-refractivity contribution in [2.45, 2.75) is 13.0 Å².